The third-order valence-electron chi connectivity index (χ3n) is 6.87. The van der Waals surface area contributed by atoms with Crippen molar-refractivity contribution in [1.29, 1.82) is 0 Å². The largest absolute Gasteiger partial charge is 0.323 e. The van der Waals surface area contributed by atoms with Crippen LogP contribution in [0.3, 0.4) is 0 Å². The summed E-state index contributed by atoms with van der Waals surface area (Å²) in [6.07, 6.45) is 2.84. The number of rotatable bonds is 2. The van der Waals surface area contributed by atoms with Crippen LogP contribution in [0, 0.1) is 17.5 Å². The van der Waals surface area contributed by atoms with E-state index in [4.69, 9.17) is 0 Å². The highest BCUT2D eigenvalue weighted by Crippen LogP contribution is 2.43. The molecule has 0 spiro atoms. The van der Waals surface area contributed by atoms with E-state index < -0.39 is 23.7 Å². The molecule has 4 heterocycles. The fourth-order valence-electron chi connectivity index (χ4n) is 5.13. The molecular weight excluding hydrogens is 485 g/mol. The van der Waals surface area contributed by atoms with Crippen LogP contribution in [0.5, 0.6) is 0 Å². The molecule has 2 amide bonds. The monoisotopic (exact) mass is 508 g/mol. The Balaban J connectivity index is 1.50. The molecule has 2 aliphatic rings. The molecule has 0 unspecified atom stereocenters. The maximum Gasteiger partial charge on any atom is 0.323 e. The Bertz CT molecular complexity index is 1460. The molecule has 0 fully saturated rings. The van der Waals surface area contributed by atoms with Crippen molar-refractivity contribution in [2.24, 2.45) is 0 Å². The molecule has 4 aromatic rings. The van der Waals surface area contributed by atoms with Crippen LogP contribution in [0.2, 0.25) is 0 Å². The van der Waals surface area contributed by atoms with Crippen LogP contribution in [-0.4, -0.2) is 34.0 Å². The highest BCUT2D eigenvalue weighted by molar-refractivity contribution is 7.15. The van der Waals surface area contributed by atoms with Gasteiger partial charge in [0.15, 0.2) is 0 Å². The number of thiophene rings is 1. The second-order valence-electron chi connectivity index (χ2n) is 9.21. The molecule has 0 radical (unpaired) electrons. The Morgan fingerprint density at radius 1 is 1.00 bits per heavy atom. The summed E-state index contributed by atoms with van der Waals surface area (Å²) in [5.74, 6) is -1.75. The van der Waals surface area contributed by atoms with Gasteiger partial charge in [0.2, 0.25) is 0 Å². The van der Waals surface area contributed by atoms with Crippen LogP contribution in [0.1, 0.15) is 33.3 Å². The first-order valence-corrected chi connectivity index (χ1v) is 12.5. The highest BCUT2D eigenvalue weighted by Gasteiger charge is 2.36. The highest BCUT2D eigenvalue weighted by atomic mass is 32.1. The predicted molar refractivity (Wildman–Crippen MR) is 133 cm³/mol. The minimum Gasteiger partial charge on any atom is -0.310 e. The number of likely N-dealkylation sites (N-methyl/N-ethyl adjacent to an activating group) is 1. The van der Waals surface area contributed by atoms with Crippen LogP contribution in [0.15, 0.2) is 60.8 Å². The van der Waals surface area contributed by atoms with Crippen molar-refractivity contribution in [3.8, 4) is 5.00 Å². The number of nitrogens with zero attached hydrogens (tertiary/aromatic N) is 3. The number of halogens is 3. The van der Waals surface area contributed by atoms with E-state index in [1.165, 1.54) is 22.6 Å². The fourth-order valence-corrected chi connectivity index (χ4v) is 6.57. The molecule has 2 aliphatic heterocycles. The molecule has 0 bridgehead atoms. The smallest absolute Gasteiger partial charge is 0.310 e. The molecule has 2 aromatic heterocycles. The van der Waals surface area contributed by atoms with Gasteiger partial charge in [0.25, 0.3) is 0 Å². The zero-order valence-electron chi connectivity index (χ0n) is 19.5. The van der Waals surface area contributed by atoms with Gasteiger partial charge in [0.1, 0.15) is 22.5 Å². The van der Waals surface area contributed by atoms with Gasteiger partial charge in [-0.05, 0) is 61.0 Å². The molecule has 5 nitrogen and oxygen atoms in total. The molecule has 2 aromatic carbocycles. The number of hydrogen-bond donors (Lipinski definition) is 1. The van der Waals surface area contributed by atoms with Gasteiger partial charge in [-0.2, -0.15) is 0 Å². The first-order valence-electron chi connectivity index (χ1n) is 11.7. The normalized spacial score (nSPS) is 17.2. The maximum atomic E-state index is 14.4. The van der Waals surface area contributed by atoms with Crippen LogP contribution in [-0.2, 0) is 19.5 Å². The number of carbonyl (C=O) groups excluding carboxylic acids is 1. The zero-order valence-corrected chi connectivity index (χ0v) is 20.3. The van der Waals surface area contributed by atoms with Crippen molar-refractivity contribution in [3.05, 3.63) is 106 Å². The predicted octanol–water partition coefficient (Wildman–Crippen LogP) is 6.08. The average molecular weight is 509 g/mol. The fraction of sp³-hybridized carbons (Fsp3) is 0.222. The Morgan fingerprint density at radius 2 is 1.78 bits per heavy atom. The van der Waals surface area contributed by atoms with Crippen LogP contribution >= 0.6 is 11.3 Å². The standard InChI is InChI=1S/C27H23F3N4OS/c1-32-12-10-19-20-14-34(27(35)31-22-13-18(29)8-9-21(22)30)25(16-4-6-17(28)7-5-16)23-3-2-11-33(23)26(20)36-24(19)15-32/h2-9,11,13,25H,10,12,14-15H2,1H3,(H,31,35)/t25-/m1/s1. The van der Waals surface area contributed by atoms with E-state index in [0.717, 1.165) is 59.5 Å². The number of amides is 2. The second-order valence-corrected chi connectivity index (χ2v) is 10.3. The number of hydrogen-bond acceptors (Lipinski definition) is 3. The van der Waals surface area contributed by atoms with Crippen molar-refractivity contribution in [2.75, 3.05) is 18.9 Å². The molecule has 6 rings (SSSR count). The van der Waals surface area contributed by atoms with Crippen molar-refractivity contribution in [1.82, 2.24) is 14.4 Å². The van der Waals surface area contributed by atoms with Gasteiger partial charge < -0.3 is 19.7 Å². The number of aromatic nitrogens is 1. The molecule has 0 saturated carbocycles. The maximum absolute atomic E-state index is 14.4. The van der Waals surface area contributed by atoms with Crippen molar-refractivity contribution < 1.29 is 18.0 Å². The molecule has 9 heteroatoms. The van der Waals surface area contributed by atoms with Gasteiger partial charge in [-0.15, -0.1) is 11.3 Å². The van der Waals surface area contributed by atoms with Gasteiger partial charge in [-0.25, -0.2) is 18.0 Å². The van der Waals surface area contributed by atoms with Gasteiger partial charge in [0, 0.05) is 35.8 Å². The van der Waals surface area contributed by atoms with Crippen LogP contribution < -0.4 is 5.32 Å². The zero-order chi connectivity index (χ0) is 25.0. The van der Waals surface area contributed by atoms with E-state index in [-0.39, 0.29) is 18.0 Å². The summed E-state index contributed by atoms with van der Waals surface area (Å²) in [6.45, 7) is 2.03. The third-order valence-corrected chi connectivity index (χ3v) is 8.13. The minimum absolute atomic E-state index is 0.230. The van der Waals surface area contributed by atoms with Gasteiger partial charge in [-0.1, -0.05) is 12.1 Å². The first kappa shape index (κ1) is 22.9. The SMILES string of the molecule is CN1CCc2c(sc3c2CN(C(=O)Nc2cc(F)ccc2F)[C@H](c2ccc(F)cc2)c2cccn2-3)C1. The Morgan fingerprint density at radius 3 is 2.58 bits per heavy atom. The Labute approximate surface area is 210 Å². The van der Waals surface area contributed by atoms with Crippen molar-refractivity contribution >= 4 is 23.1 Å². The lowest BCUT2D eigenvalue weighted by molar-refractivity contribution is 0.194. The third kappa shape index (κ3) is 3.88. The lowest BCUT2D eigenvalue weighted by atomic mass is 10.0. The number of benzene rings is 2. The number of anilines is 1. The van der Waals surface area contributed by atoms with Crippen molar-refractivity contribution in [3.63, 3.8) is 0 Å². The van der Waals surface area contributed by atoms with Crippen LogP contribution in [0.25, 0.3) is 5.00 Å². The Hall–Kier alpha value is -3.56. The van der Waals surface area contributed by atoms with E-state index in [1.807, 2.05) is 18.3 Å². The number of nitrogens with one attached hydrogen (secondary N) is 1. The second kappa shape index (κ2) is 8.83. The lowest BCUT2D eigenvalue weighted by Gasteiger charge is -2.32. The topological polar surface area (TPSA) is 40.5 Å². The van der Waals surface area contributed by atoms with Gasteiger partial charge >= 0.3 is 6.03 Å². The molecule has 0 saturated heterocycles. The summed E-state index contributed by atoms with van der Waals surface area (Å²) < 4.78 is 44.2. The van der Waals surface area contributed by atoms with Crippen LogP contribution in [0.4, 0.5) is 23.7 Å². The van der Waals surface area contributed by atoms with E-state index in [0.29, 0.717) is 0 Å². The summed E-state index contributed by atoms with van der Waals surface area (Å²) >= 11 is 1.72. The lowest BCUT2D eigenvalue weighted by Crippen LogP contribution is -2.38. The number of urea groups is 1. The van der Waals surface area contributed by atoms with Gasteiger partial charge in [0.05, 0.1) is 24.0 Å². The molecule has 0 aliphatic carbocycles. The Kier molecular flexibility index (Phi) is 5.61. The molecule has 1 atom stereocenters. The summed E-state index contributed by atoms with van der Waals surface area (Å²) in [6, 6.07) is 11.7. The number of fused-ring (bicyclic) bond motifs is 5. The van der Waals surface area contributed by atoms with E-state index >= 15 is 0 Å². The van der Waals surface area contributed by atoms with Crippen molar-refractivity contribution in [2.45, 2.75) is 25.6 Å². The van der Waals surface area contributed by atoms with Gasteiger partial charge in [-0.3, -0.25) is 0 Å². The quantitative estimate of drug-likeness (QED) is 0.357. The summed E-state index contributed by atoms with van der Waals surface area (Å²) in [5.41, 5.74) is 3.62. The van der Waals surface area contributed by atoms with E-state index in [1.54, 1.807) is 28.4 Å². The number of carbonyl (C=O) groups is 1. The summed E-state index contributed by atoms with van der Waals surface area (Å²) in [7, 11) is 2.09. The van der Waals surface area contributed by atoms with E-state index in [2.05, 4.69) is 21.8 Å². The summed E-state index contributed by atoms with van der Waals surface area (Å²) in [5, 5.41) is 3.63. The molecule has 1 N–H and O–H groups in total. The van der Waals surface area contributed by atoms with E-state index in [9.17, 15) is 18.0 Å². The molecular formula is C27H23F3N4OS. The molecule has 184 valence electrons. The molecule has 36 heavy (non-hydrogen) atoms. The first-order chi connectivity index (χ1) is 17.4. The minimum atomic E-state index is -0.724. The summed E-state index contributed by atoms with van der Waals surface area (Å²) in [4.78, 5) is 18.9. The average Bonchev–Trinajstić information content (AvgIpc) is 3.43.